The van der Waals surface area contributed by atoms with E-state index in [1.807, 2.05) is 30.3 Å². The zero-order valence-corrected chi connectivity index (χ0v) is 16.5. The third-order valence-corrected chi connectivity index (χ3v) is 4.97. The second kappa shape index (κ2) is 9.28. The van der Waals surface area contributed by atoms with Crippen LogP contribution in [0.1, 0.15) is 26.3 Å². The normalized spacial score (nSPS) is 14.8. The summed E-state index contributed by atoms with van der Waals surface area (Å²) < 4.78 is 4.59. The van der Waals surface area contributed by atoms with E-state index in [0.29, 0.717) is 0 Å². The second-order valence-corrected chi connectivity index (χ2v) is 6.80. The van der Waals surface area contributed by atoms with E-state index in [4.69, 9.17) is 0 Å². The molecule has 1 heterocycles. The fraction of sp³-hybridized carbons (Fsp3) is 0.217. The van der Waals surface area contributed by atoms with Crippen LogP contribution in [-0.2, 0) is 20.7 Å². The van der Waals surface area contributed by atoms with Crippen molar-refractivity contribution in [3.05, 3.63) is 83.9 Å². The van der Waals surface area contributed by atoms with Crippen molar-refractivity contribution in [3.63, 3.8) is 0 Å². The van der Waals surface area contributed by atoms with Crippen molar-refractivity contribution in [2.45, 2.75) is 18.5 Å². The molecule has 7 heteroatoms. The Morgan fingerprint density at radius 3 is 2.13 bits per heavy atom. The molecular weight excluding hydrogens is 384 g/mol. The lowest BCUT2D eigenvalue weighted by atomic mass is 9.96. The van der Waals surface area contributed by atoms with E-state index in [0.717, 1.165) is 10.5 Å². The first-order chi connectivity index (χ1) is 14.5. The van der Waals surface area contributed by atoms with Crippen molar-refractivity contribution in [3.8, 4) is 0 Å². The van der Waals surface area contributed by atoms with Crippen LogP contribution in [0.2, 0.25) is 0 Å². The molecule has 3 rings (SSSR count). The van der Waals surface area contributed by atoms with Gasteiger partial charge >= 0.3 is 5.97 Å². The summed E-state index contributed by atoms with van der Waals surface area (Å²) in [6, 6.07) is 13.6. The number of Topliss-reactive ketones (excluding diaryl/α,β-unsaturated/α-hetero) is 1. The van der Waals surface area contributed by atoms with Gasteiger partial charge in [0, 0.05) is 6.42 Å². The predicted molar refractivity (Wildman–Crippen MR) is 110 cm³/mol. The fourth-order valence-corrected chi connectivity index (χ4v) is 3.42. The zero-order valence-electron chi connectivity index (χ0n) is 16.5. The Morgan fingerprint density at radius 2 is 1.60 bits per heavy atom. The standard InChI is InChI=1S/C23H22N2O5/c1-3-18(24-14-20(26)30-2)21(27)19(13-15-9-5-4-6-10-15)25-22(28)16-11-7-8-12-17(16)23(25)29/h3-12,18-19,24H,1,13-14H2,2H3. The minimum Gasteiger partial charge on any atom is -0.468 e. The Kier molecular flexibility index (Phi) is 6.54. The smallest absolute Gasteiger partial charge is 0.319 e. The van der Waals surface area contributed by atoms with Crippen LogP contribution < -0.4 is 5.32 Å². The molecule has 2 amide bonds. The minimum absolute atomic E-state index is 0.148. The monoisotopic (exact) mass is 406 g/mol. The largest absolute Gasteiger partial charge is 0.468 e. The number of ketones is 1. The van der Waals surface area contributed by atoms with Crippen LogP contribution in [0.15, 0.2) is 67.3 Å². The maximum Gasteiger partial charge on any atom is 0.319 e. The number of carbonyl (C=O) groups is 4. The summed E-state index contributed by atoms with van der Waals surface area (Å²) in [6.07, 6.45) is 1.50. The molecule has 0 fully saturated rings. The van der Waals surface area contributed by atoms with Crippen molar-refractivity contribution in [2.24, 2.45) is 0 Å². The molecule has 2 aromatic rings. The molecule has 1 aliphatic rings. The number of hydrogen-bond acceptors (Lipinski definition) is 6. The highest BCUT2D eigenvalue weighted by Crippen LogP contribution is 2.27. The van der Waals surface area contributed by atoms with Gasteiger partial charge in [0.15, 0.2) is 5.78 Å². The van der Waals surface area contributed by atoms with Gasteiger partial charge in [-0.05, 0) is 17.7 Å². The fourth-order valence-electron chi connectivity index (χ4n) is 3.42. The molecule has 2 unspecified atom stereocenters. The number of nitrogens with zero attached hydrogens (tertiary/aromatic N) is 1. The second-order valence-electron chi connectivity index (χ2n) is 6.80. The Hall–Kier alpha value is -3.58. The van der Waals surface area contributed by atoms with Crippen LogP contribution in [0.5, 0.6) is 0 Å². The van der Waals surface area contributed by atoms with Gasteiger partial charge in [-0.25, -0.2) is 0 Å². The van der Waals surface area contributed by atoms with Crippen molar-refractivity contribution in [1.82, 2.24) is 10.2 Å². The predicted octanol–water partition coefficient (Wildman–Crippen LogP) is 1.78. The van der Waals surface area contributed by atoms with Crippen LogP contribution in [0.3, 0.4) is 0 Å². The third kappa shape index (κ3) is 4.21. The van der Waals surface area contributed by atoms with Gasteiger partial charge in [-0.2, -0.15) is 0 Å². The first-order valence-corrected chi connectivity index (χ1v) is 9.45. The topological polar surface area (TPSA) is 92.8 Å². The van der Waals surface area contributed by atoms with E-state index < -0.39 is 35.7 Å². The van der Waals surface area contributed by atoms with Crippen LogP contribution in [-0.4, -0.2) is 54.2 Å². The van der Waals surface area contributed by atoms with Gasteiger partial charge in [0.2, 0.25) is 0 Å². The summed E-state index contributed by atoms with van der Waals surface area (Å²) in [5, 5.41) is 2.77. The molecule has 2 aromatic carbocycles. The molecule has 0 bridgehead atoms. The minimum atomic E-state index is -1.06. The lowest BCUT2D eigenvalue weighted by molar-refractivity contribution is -0.139. The number of methoxy groups -OCH3 is 1. The molecule has 0 aliphatic carbocycles. The number of imide groups is 1. The summed E-state index contributed by atoms with van der Waals surface area (Å²) in [7, 11) is 1.24. The van der Waals surface area contributed by atoms with Gasteiger partial charge in [-0.1, -0.05) is 48.5 Å². The first kappa shape index (κ1) is 21.1. The maximum atomic E-state index is 13.4. The van der Waals surface area contributed by atoms with Gasteiger partial charge in [0.1, 0.15) is 6.04 Å². The molecule has 154 valence electrons. The SMILES string of the molecule is C=CC(NCC(=O)OC)C(=O)C(Cc1ccccc1)N1C(=O)c2ccccc2C1=O. The lowest BCUT2D eigenvalue weighted by Crippen LogP contribution is -2.53. The van der Waals surface area contributed by atoms with Crippen molar-refractivity contribution in [2.75, 3.05) is 13.7 Å². The van der Waals surface area contributed by atoms with Crippen LogP contribution in [0.4, 0.5) is 0 Å². The van der Waals surface area contributed by atoms with Gasteiger partial charge in [-0.15, -0.1) is 6.58 Å². The number of esters is 1. The van der Waals surface area contributed by atoms with Crippen molar-refractivity contribution < 1.29 is 23.9 Å². The number of carbonyl (C=O) groups excluding carboxylic acids is 4. The molecule has 0 spiro atoms. The molecule has 0 saturated carbocycles. The van der Waals surface area contributed by atoms with E-state index in [1.54, 1.807) is 24.3 Å². The summed E-state index contributed by atoms with van der Waals surface area (Å²) in [6.45, 7) is 3.45. The molecular formula is C23H22N2O5. The Labute approximate surface area is 174 Å². The number of ether oxygens (including phenoxy) is 1. The maximum absolute atomic E-state index is 13.4. The van der Waals surface area contributed by atoms with E-state index in [1.165, 1.54) is 13.2 Å². The molecule has 1 aliphatic heterocycles. The quantitative estimate of drug-likeness (QED) is 0.388. The van der Waals surface area contributed by atoms with Gasteiger partial charge in [-0.3, -0.25) is 29.4 Å². The number of hydrogen-bond donors (Lipinski definition) is 1. The summed E-state index contributed by atoms with van der Waals surface area (Å²) in [5.41, 5.74) is 1.33. The third-order valence-electron chi connectivity index (χ3n) is 4.97. The summed E-state index contributed by atoms with van der Waals surface area (Å²) >= 11 is 0. The Bertz CT molecular complexity index is 951. The van der Waals surface area contributed by atoms with E-state index >= 15 is 0 Å². The molecule has 1 N–H and O–H groups in total. The Balaban J connectivity index is 1.94. The average Bonchev–Trinajstić information content (AvgIpc) is 3.03. The highest BCUT2D eigenvalue weighted by atomic mass is 16.5. The van der Waals surface area contributed by atoms with Gasteiger partial charge in [0.05, 0.1) is 30.8 Å². The van der Waals surface area contributed by atoms with Crippen LogP contribution in [0, 0.1) is 0 Å². The number of rotatable bonds is 9. The van der Waals surface area contributed by atoms with Crippen LogP contribution in [0.25, 0.3) is 0 Å². The number of fused-ring (bicyclic) bond motifs is 1. The molecule has 0 aromatic heterocycles. The number of amides is 2. The number of nitrogens with one attached hydrogen (secondary N) is 1. The number of benzene rings is 2. The van der Waals surface area contributed by atoms with E-state index in [-0.39, 0.29) is 24.1 Å². The zero-order chi connectivity index (χ0) is 21.7. The summed E-state index contributed by atoms with van der Waals surface area (Å²) in [5.74, 6) is -2.01. The molecule has 30 heavy (non-hydrogen) atoms. The van der Waals surface area contributed by atoms with Gasteiger partial charge in [0.25, 0.3) is 11.8 Å². The van der Waals surface area contributed by atoms with Gasteiger partial charge < -0.3 is 4.74 Å². The highest BCUT2D eigenvalue weighted by Gasteiger charge is 2.43. The Morgan fingerprint density at radius 1 is 1.03 bits per heavy atom. The highest BCUT2D eigenvalue weighted by molar-refractivity contribution is 6.23. The molecule has 0 radical (unpaired) electrons. The lowest BCUT2D eigenvalue weighted by Gasteiger charge is -2.28. The molecule has 0 saturated heterocycles. The van der Waals surface area contributed by atoms with Crippen LogP contribution >= 0.6 is 0 Å². The molecule has 2 atom stereocenters. The van der Waals surface area contributed by atoms with E-state index in [2.05, 4.69) is 16.6 Å². The van der Waals surface area contributed by atoms with E-state index in [9.17, 15) is 19.2 Å². The van der Waals surface area contributed by atoms with Crippen molar-refractivity contribution >= 4 is 23.6 Å². The first-order valence-electron chi connectivity index (χ1n) is 9.45. The van der Waals surface area contributed by atoms with Crippen molar-refractivity contribution in [1.29, 1.82) is 0 Å². The molecule has 7 nitrogen and oxygen atoms in total. The average molecular weight is 406 g/mol. The summed E-state index contributed by atoms with van der Waals surface area (Å²) in [4.78, 5) is 51.9.